The van der Waals surface area contributed by atoms with E-state index in [-0.39, 0.29) is 22.7 Å². The summed E-state index contributed by atoms with van der Waals surface area (Å²) in [5, 5.41) is 6.06. The number of benzene rings is 1. The van der Waals surface area contributed by atoms with Gasteiger partial charge in [-0.1, -0.05) is 11.6 Å². The quantitative estimate of drug-likeness (QED) is 0.795. The third-order valence-corrected chi connectivity index (χ3v) is 5.11. The van der Waals surface area contributed by atoms with E-state index in [1.165, 1.54) is 13.2 Å². The summed E-state index contributed by atoms with van der Waals surface area (Å²) >= 11 is 5.99. The Hall–Kier alpha value is -1.83. The van der Waals surface area contributed by atoms with E-state index in [9.17, 15) is 9.59 Å². The third-order valence-electron chi connectivity index (χ3n) is 4.78. The Balaban J connectivity index is 1.57. The molecule has 0 bridgehead atoms. The molecule has 2 N–H and O–H groups in total. The topological polar surface area (TPSA) is 73.9 Å². The number of amides is 2. The van der Waals surface area contributed by atoms with Crippen LogP contribution in [-0.2, 0) is 4.74 Å². The van der Waals surface area contributed by atoms with E-state index in [0.29, 0.717) is 11.7 Å². The van der Waals surface area contributed by atoms with E-state index in [2.05, 4.69) is 32.2 Å². The summed E-state index contributed by atoms with van der Waals surface area (Å²) in [4.78, 5) is 28.7. The van der Waals surface area contributed by atoms with Crippen molar-refractivity contribution in [3.05, 3.63) is 28.8 Å². The van der Waals surface area contributed by atoms with Crippen LogP contribution in [0.4, 0.5) is 10.5 Å². The summed E-state index contributed by atoms with van der Waals surface area (Å²) in [6.07, 6.45) is 0.950. The van der Waals surface area contributed by atoms with Crippen LogP contribution in [0.1, 0.15) is 16.8 Å². The fourth-order valence-corrected chi connectivity index (χ4v) is 3.72. The van der Waals surface area contributed by atoms with Gasteiger partial charge in [-0.2, -0.15) is 0 Å². The highest BCUT2D eigenvalue weighted by molar-refractivity contribution is 6.33. The van der Waals surface area contributed by atoms with Crippen LogP contribution in [0.3, 0.4) is 0 Å². The summed E-state index contributed by atoms with van der Waals surface area (Å²) in [6, 6.07) is 5.09. The zero-order valence-electron chi connectivity index (χ0n) is 14.4. The van der Waals surface area contributed by atoms with Gasteiger partial charge in [0.2, 0.25) is 0 Å². The van der Waals surface area contributed by atoms with Crippen molar-refractivity contribution >= 4 is 29.3 Å². The predicted octanol–water partition coefficient (Wildman–Crippen LogP) is 1.64. The molecule has 0 aromatic heterocycles. The van der Waals surface area contributed by atoms with Gasteiger partial charge in [0.05, 0.1) is 17.7 Å². The first-order valence-electron chi connectivity index (χ1n) is 8.34. The fraction of sp³-hybridized carbons (Fsp3) is 0.529. The molecule has 1 aromatic rings. The van der Waals surface area contributed by atoms with E-state index in [0.717, 1.165) is 32.6 Å². The Morgan fingerprint density at radius 1 is 1.28 bits per heavy atom. The van der Waals surface area contributed by atoms with Crippen LogP contribution in [0.2, 0.25) is 5.02 Å². The number of fused-ring (bicyclic) bond motifs is 1. The molecule has 1 aromatic carbocycles. The fourth-order valence-electron chi connectivity index (χ4n) is 3.52. The van der Waals surface area contributed by atoms with Gasteiger partial charge in [-0.15, -0.1) is 0 Å². The maximum atomic E-state index is 12.3. The van der Waals surface area contributed by atoms with Crippen molar-refractivity contribution in [2.24, 2.45) is 0 Å². The largest absolute Gasteiger partial charge is 0.465 e. The SMILES string of the molecule is COC(=O)c1cc(NC(=O)N[C@H]2C[C@H]3CN(C)CCN3C2)ccc1Cl. The second-order valence-corrected chi connectivity index (χ2v) is 7.04. The molecule has 7 nitrogen and oxygen atoms in total. The number of hydrogen-bond donors (Lipinski definition) is 2. The molecule has 0 saturated carbocycles. The molecule has 0 unspecified atom stereocenters. The molecule has 2 amide bonds. The van der Waals surface area contributed by atoms with Crippen molar-refractivity contribution in [1.82, 2.24) is 15.1 Å². The van der Waals surface area contributed by atoms with E-state index < -0.39 is 5.97 Å². The molecule has 3 rings (SSSR count). The molecule has 2 atom stereocenters. The van der Waals surface area contributed by atoms with Crippen LogP contribution in [0.25, 0.3) is 0 Å². The Morgan fingerprint density at radius 2 is 2.08 bits per heavy atom. The zero-order valence-corrected chi connectivity index (χ0v) is 15.2. The highest BCUT2D eigenvalue weighted by Crippen LogP contribution is 2.23. The highest BCUT2D eigenvalue weighted by Gasteiger charge is 2.35. The molecule has 0 aliphatic carbocycles. The lowest BCUT2D eigenvalue weighted by Crippen LogP contribution is -2.48. The van der Waals surface area contributed by atoms with E-state index in [1.807, 2.05) is 0 Å². The Labute approximate surface area is 152 Å². The van der Waals surface area contributed by atoms with Crippen LogP contribution in [0.5, 0.6) is 0 Å². The number of nitrogens with one attached hydrogen (secondary N) is 2. The maximum absolute atomic E-state index is 12.3. The predicted molar refractivity (Wildman–Crippen MR) is 96.2 cm³/mol. The Kier molecular flexibility index (Phi) is 5.46. The summed E-state index contributed by atoms with van der Waals surface area (Å²) in [5.41, 5.74) is 0.723. The van der Waals surface area contributed by atoms with Crippen LogP contribution in [0.15, 0.2) is 18.2 Å². The van der Waals surface area contributed by atoms with Gasteiger partial charge in [-0.25, -0.2) is 9.59 Å². The standard InChI is InChI=1S/C17H23ClN4O3/c1-21-5-6-22-9-12(7-13(22)10-21)20-17(24)19-11-3-4-15(18)14(8-11)16(23)25-2/h3-4,8,12-13H,5-7,9-10H2,1-2H3,(H2,19,20,24)/t12-,13-/m0/s1. The lowest BCUT2D eigenvalue weighted by atomic mass is 10.1. The van der Waals surface area contributed by atoms with Gasteiger partial charge in [0.15, 0.2) is 0 Å². The second kappa shape index (κ2) is 7.59. The zero-order chi connectivity index (χ0) is 18.0. The van der Waals surface area contributed by atoms with E-state index in [1.54, 1.807) is 12.1 Å². The van der Waals surface area contributed by atoms with Crippen molar-refractivity contribution in [3.63, 3.8) is 0 Å². The smallest absolute Gasteiger partial charge is 0.339 e. The molecule has 0 spiro atoms. The summed E-state index contributed by atoms with van der Waals surface area (Å²) in [6.45, 7) is 4.02. The molecule has 2 aliphatic rings. The van der Waals surface area contributed by atoms with E-state index >= 15 is 0 Å². The van der Waals surface area contributed by atoms with Crippen molar-refractivity contribution in [3.8, 4) is 0 Å². The van der Waals surface area contributed by atoms with Gasteiger partial charge in [-0.3, -0.25) is 4.90 Å². The number of urea groups is 1. The van der Waals surface area contributed by atoms with Gasteiger partial charge >= 0.3 is 12.0 Å². The number of esters is 1. The number of nitrogens with zero attached hydrogens (tertiary/aromatic N) is 2. The number of rotatable bonds is 3. The van der Waals surface area contributed by atoms with Gasteiger partial charge in [0, 0.05) is 44.0 Å². The average molecular weight is 367 g/mol. The number of ether oxygens (including phenoxy) is 1. The van der Waals surface area contributed by atoms with Gasteiger partial charge in [0.25, 0.3) is 0 Å². The van der Waals surface area contributed by atoms with Crippen LogP contribution >= 0.6 is 11.6 Å². The highest BCUT2D eigenvalue weighted by atomic mass is 35.5. The average Bonchev–Trinajstić information content (AvgIpc) is 2.96. The monoisotopic (exact) mass is 366 g/mol. The molecule has 2 fully saturated rings. The first kappa shape index (κ1) is 18.0. The molecule has 136 valence electrons. The maximum Gasteiger partial charge on any atom is 0.339 e. The number of carbonyl (C=O) groups is 2. The number of piperazine rings is 1. The first-order chi connectivity index (χ1) is 12.0. The van der Waals surface area contributed by atoms with Crippen molar-refractivity contribution in [2.45, 2.75) is 18.5 Å². The third kappa shape index (κ3) is 4.23. The van der Waals surface area contributed by atoms with Gasteiger partial charge in [-0.05, 0) is 31.7 Å². The second-order valence-electron chi connectivity index (χ2n) is 6.63. The number of methoxy groups -OCH3 is 1. The van der Waals surface area contributed by atoms with Crippen molar-refractivity contribution < 1.29 is 14.3 Å². The number of anilines is 1. The summed E-state index contributed by atoms with van der Waals surface area (Å²) in [7, 11) is 3.42. The van der Waals surface area contributed by atoms with Gasteiger partial charge < -0.3 is 20.3 Å². The number of halogens is 1. The Bertz CT molecular complexity index is 669. The van der Waals surface area contributed by atoms with Crippen molar-refractivity contribution in [1.29, 1.82) is 0 Å². The molecular weight excluding hydrogens is 344 g/mol. The molecular formula is C17H23ClN4O3. The molecule has 2 aliphatic heterocycles. The lowest BCUT2D eigenvalue weighted by molar-refractivity contribution is 0.0601. The van der Waals surface area contributed by atoms with Crippen LogP contribution in [-0.4, -0.2) is 74.2 Å². The Morgan fingerprint density at radius 3 is 2.84 bits per heavy atom. The van der Waals surface area contributed by atoms with Crippen molar-refractivity contribution in [2.75, 3.05) is 45.7 Å². The number of carbonyl (C=O) groups excluding carboxylic acids is 2. The minimum Gasteiger partial charge on any atom is -0.465 e. The van der Waals surface area contributed by atoms with Gasteiger partial charge in [0.1, 0.15) is 0 Å². The number of likely N-dealkylation sites (N-methyl/N-ethyl adjacent to an activating group) is 1. The van der Waals surface area contributed by atoms with E-state index in [4.69, 9.17) is 11.6 Å². The molecule has 0 radical (unpaired) electrons. The normalized spacial score (nSPS) is 23.8. The lowest BCUT2D eigenvalue weighted by Gasteiger charge is -2.34. The molecule has 8 heteroatoms. The molecule has 2 saturated heterocycles. The minimum absolute atomic E-state index is 0.129. The minimum atomic E-state index is -0.536. The molecule has 2 heterocycles. The summed E-state index contributed by atoms with van der Waals surface area (Å²) < 4.78 is 4.69. The van der Waals surface area contributed by atoms with Crippen LogP contribution in [0, 0.1) is 0 Å². The van der Waals surface area contributed by atoms with Crippen LogP contribution < -0.4 is 10.6 Å². The number of hydrogen-bond acceptors (Lipinski definition) is 5. The summed E-state index contributed by atoms with van der Waals surface area (Å²) in [5.74, 6) is -0.536. The first-order valence-corrected chi connectivity index (χ1v) is 8.72. The molecule has 25 heavy (non-hydrogen) atoms.